The summed E-state index contributed by atoms with van der Waals surface area (Å²) in [6.45, 7) is 11.8. The van der Waals surface area contributed by atoms with E-state index < -0.39 is 0 Å². The Labute approximate surface area is 162 Å². The second-order valence-electron chi connectivity index (χ2n) is 9.49. The van der Waals surface area contributed by atoms with Crippen molar-refractivity contribution in [3.63, 3.8) is 0 Å². The summed E-state index contributed by atoms with van der Waals surface area (Å²) in [5.41, 5.74) is 2.12. The summed E-state index contributed by atoms with van der Waals surface area (Å²) >= 11 is 0. The fraction of sp³-hybridized carbons (Fsp3) is 0.833. The second-order valence-corrected chi connectivity index (χ2v) is 9.49. The van der Waals surface area contributed by atoms with Crippen LogP contribution in [0.25, 0.3) is 0 Å². The highest BCUT2D eigenvalue weighted by Crippen LogP contribution is 2.41. The van der Waals surface area contributed by atoms with Crippen LogP contribution in [0.4, 0.5) is 0 Å². The van der Waals surface area contributed by atoms with E-state index in [2.05, 4.69) is 43.9 Å². The smallest absolute Gasteiger partial charge is 0.0597 e. The van der Waals surface area contributed by atoms with Gasteiger partial charge in [0.15, 0.2) is 0 Å². The molecule has 3 rings (SSSR count). The van der Waals surface area contributed by atoms with Crippen LogP contribution >= 0.6 is 0 Å². The zero-order chi connectivity index (χ0) is 18.4. The molecule has 2 aliphatic carbocycles. The molecule has 0 N–H and O–H groups in total. The highest BCUT2D eigenvalue weighted by atomic mass is 16.5. The van der Waals surface area contributed by atoms with Crippen molar-refractivity contribution in [2.24, 2.45) is 17.3 Å². The van der Waals surface area contributed by atoms with Gasteiger partial charge < -0.3 is 9.64 Å². The molecule has 2 nitrogen and oxygen atoms in total. The van der Waals surface area contributed by atoms with E-state index in [-0.39, 0.29) is 0 Å². The maximum atomic E-state index is 6.26. The van der Waals surface area contributed by atoms with E-state index in [1.807, 2.05) is 0 Å². The third-order valence-corrected chi connectivity index (χ3v) is 7.53. The molecule has 1 saturated heterocycles. The normalized spacial score (nSPS) is 29.0. The molecule has 148 valence electrons. The number of hydrogen-bond acceptors (Lipinski definition) is 2. The molecule has 0 bridgehead atoms. The standard InChI is InChI=1S/C24H41NO/c1-4-24(2,3)22-10-12-23(13-11-22)26-19-18-25-16-14-21(15-17-25)20-8-6-5-7-9-20/h6,8-9,21-23H,4-5,7,10-19H2,1-3H3. The number of nitrogens with zero attached hydrogens (tertiary/aromatic N) is 1. The molecule has 0 atom stereocenters. The Kier molecular flexibility index (Phi) is 7.40. The molecular weight excluding hydrogens is 318 g/mol. The van der Waals surface area contributed by atoms with E-state index in [1.54, 1.807) is 5.57 Å². The summed E-state index contributed by atoms with van der Waals surface area (Å²) in [6, 6.07) is 0. The Morgan fingerprint density at radius 1 is 1.04 bits per heavy atom. The average molecular weight is 360 g/mol. The van der Waals surface area contributed by atoms with E-state index in [0.29, 0.717) is 11.5 Å². The van der Waals surface area contributed by atoms with E-state index in [0.717, 1.165) is 25.0 Å². The first kappa shape index (κ1) is 20.1. The van der Waals surface area contributed by atoms with E-state index in [4.69, 9.17) is 4.74 Å². The summed E-state index contributed by atoms with van der Waals surface area (Å²) in [5, 5.41) is 0. The minimum Gasteiger partial charge on any atom is -0.377 e. The molecule has 1 heterocycles. The van der Waals surface area contributed by atoms with Crippen LogP contribution in [-0.2, 0) is 4.74 Å². The quantitative estimate of drug-likeness (QED) is 0.554. The lowest BCUT2D eigenvalue weighted by Crippen LogP contribution is -2.37. The molecule has 26 heavy (non-hydrogen) atoms. The minimum atomic E-state index is 0.512. The van der Waals surface area contributed by atoms with E-state index in [9.17, 15) is 0 Å². The maximum Gasteiger partial charge on any atom is 0.0597 e. The van der Waals surface area contributed by atoms with Crippen molar-refractivity contribution in [1.82, 2.24) is 4.90 Å². The first-order valence-electron chi connectivity index (χ1n) is 11.3. The maximum absolute atomic E-state index is 6.26. The van der Waals surface area contributed by atoms with Gasteiger partial charge in [0.25, 0.3) is 0 Å². The van der Waals surface area contributed by atoms with Gasteiger partial charge in [-0.25, -0.2) is 0 Å². The Hall–Kier alpha value is -0.600. The number of likely N-dealkylation sites (tertiary alicyclic amines) is 1. The van der Waals surface area contributed by atoms with Gasteiger partial charge in [0.2, 0.25) is 0 Å². The van der Waals surface area contributed by atoms with Crippen LogP contribution in [-0.4, -0.2) is 37.2 Å². The summed E-state index contributed by atoms with van der Waals surface area (Å²) in [4.78, 5) is 2.62. The molecule has 0 unspecified atom stereocenters. The zero-order valence-corrected chi connectivity index (χ0v) is 17.5. The monoisotopic (exact) mass is 359 g/mol. The minimum absolute atomic E-state index is 0.512. The SMILES string of the molecule is CCC(C)(C)C1CCC(OCCN2CCC(C3=CCCC=C3)CC2)CC1. The van der Waals surface area contributed by atoms with Crippen LogP contribution in [0.3, 0.4) is 0 Å². The van der Waals surface area contributed by atoms with Crippen molar-refractivity contribution >= 4 is 0 Å². The largest absolute Gasteiger partial charge is 0.377 e. The lowest BCUT2D eigenvalue weighted by atomic mass is 9.69. The van der Waals surface area contributed by atoms with Crippen LogP contribution in [0.2, 0.25) is 0 Å². The highest BCUT2D eigenvalue weighted by Gasteiger charge is 2.32. The average Bonchev–Trinajstić information content (AvgIpc) is 2.70. The van der Waals surface area contributed by atoms with Gasteiger partial charge in [0.05, 0.1) is 12.7 Å². The fourth-order valence-corrected chi connectivity index (χ4v) is 5.07. The van der Waals surface area contributed by atoms with E-state index >= 15 is 0 Å². The van der Waals surface area contributed by atoms with Crippen molar-refractivity contribution in [2.75, 3.05) is 26.2 Å². The lowest BCUT2D eigenvalue weighted by molar-refractivity contribution is -0.00970. The van der Waals surface area contributed by atoms with Gasteiger partial charge in [-0.3, -0.25) is 0 Å². The van der Waals surface area contributed by atoms with Gasteiger partial charge >= 0.3 is 0 Å². The molecule has 2 fully saturated rings. The molecule has 0 radical (unpaired) electrons. The van der Waals surface area contributed by atoms with Crippen LogP contribution in [0.1, 0.15) is 78.6 Å². The third-order valence-electron chi connectivity index (χ3n) is 7.53. The third kappa shape index (κ3) is 5.45. The Balaban J connectivity index is 1.29. The van der Waals surface area contributed by atoms with Gasteiger partial charge in [-0.15, -0.1) is 0 Å². The number of hydrogen-bond donors (Lipinski definition) is 0. The van der Waals surface area contributed by atoms with Gasteiger partial charge in [0, 0.05) is 6.54 Å². The second kappa shape index (κ2) is 9.55. The van der Waals surface area contributed by atoms with Crippen molar-refractivity contribution < 1.29 is 4.74 Å². The molecule has 2 heteroatoms. The Morgan fingerprint density at radius 2 is 1.77 bits per heavy atom. The van der Waals surface area contributed by atoms with Crippen molar-refractivity contribution in [2.45, 2.75) is 84.7 Å². The lowest BCUT2D eigenvalue weighted by Gasteiger charge is -2.39. The molecule has 0 aromatic carbocycles. The first-order valence-corrected chi connectivity index (χ1v) is 11.3. The summed E-state index contributed by atoms with van der Waals surface area (Å²) in [5.74, 6) is 1.70. The molecular formula is C24H41NO. The molecule has 0 amide bonds. The molecule has 1 aliphatic heterocycles. The van der Waals surface area contributed by atoms with Gasteiger partial charge in [-0.1, -0.05) is 45.4 Å². The topological polar surface area (TPSA) is 12.5 Å². The Morgan fingerprint density at radius 3 is 2.38 bits per heavy atom. The van der Waals surface area contributed by atoms with Crippen LogP contribution in [0.15, 0.2) is 23.8 Å². The van der Waals surface area contributed by atoms with Gasteiger partial charge in [-0.2, -0.15) is 0 Å². The molecule has 0 spiro atoms. The molecule has 0 aromatic rings. The van der Waals surface area contributed by atoms with Crippen LogP contribution < -0.4 is 0 Å². The van der Waals surface area contributed by atoms with E-state index in [1.165, 1.54) is 70.9 Å². The zero-order valence-electron chi connectivity index (χ0n) is 17.5. The number of allylic oxidation sites excluding steroid dienone is 4. The predicted molar refractivity (Wildman–Crippen MR) is 111 cm³/mol. The summed E-state index contributed by atoms with van der Waals surface area (Å²) < 4.78 is 6.26. The van der Waals surface area contributed by atoms with Crippen molar-refractivity contribution in [3.8, 4) is 0 Å². The molecule has 1 saturated carbocycles. The number of piperidine rings is 1. The summed E-state index contributed by atoms with van der Waals surface area (Å²) in [6.07, 6.45) is 19.4. The molecule has 0 aromatic heterocycles. The fourth-order valence-electron chi connectivity index (χ4n) is 5.07. The highest BCUT2D eigenvalue weighted by molar-refractivity contribution is 5.25. The summed E-state index contributed by atoms with van der Waals surface area (Å²) in [7, 11) is 0. The van der Waals surface area contributed by atoms with Crippen molar-refractivity contribution in [1.29, 1.82) is 0 Å². The van der Waals surface area contributed by atoms with Crippen LogP contribution in [0, 0.1) is 17.3 Å². The Bertz CT molecular complexity index is 476. The first-order chi connectivity index (χ1) is 12.6. The van der Waals surface area contributed by atoms with Crippen LogP contribution in [0.5, 0.6) is 0 Å². The number of rotatable bonds is 7. The predicted octanol–water partition coefficient (Wildman–Crippen LogP) is 5.99. The van der Waals surface area contributed by atoms with Gasteiger partial charge in [0.1, 0.15) is 0 Å². The van der Waals surface area contributed by atoms with Crippen molar-refractivity contribution in [3.05, 3.63) is 23.8 Å². The van der Waals surface area contributed by atoms with Gasteiger partial charge in [-0.05, 0) is 87.3 Å². The molecule has 3 aliphatic rings. The number of ether oxygens (including phenoxy) is 1.